The van der Waals surface area contributed by atoms with E-state index in [1.165, 1.54) is 12.3 Å². The summed E-state index contributed by atoms with van der Waals surface area (Å²) >= 11 is 5.81. The summed E-state index contributed by atoms with van der Waals surface area (Å²) in [6.07, 6.45) is 1.38. The number of aryl methyl sites for hydroxylation is 1. The summed E-state index contributed by atoms with van der Waals surface area (Å²) in [6, 6.07) is 20.5. The van der Waals surface area contributed by atoms with E-state index in [-0.39, 0.29) is 11.3 Å². The van der Waals surface area contributed by atoms with Crippen molar-refractivity contribution < 1.29 is 14.4 Å². The third-order valence-corrected chi connectivity index (χ3v) is 4.44. The van der Waals surface area contributed by atoms with Crippen molar-refractivity contribution in [1.82, 2.24) is 5.43 Å². The van der Waals surface area contributed by atoms with Gasteiger partial charge in [-0.15, -0.1) is 0 Å². The molecule has 0 spiro atoms. The van der Waals surface area contributed by atoms with E-state index in [0.29, 0.717) is 16.3 Å². The van der Waals surface area contributed by atoms with Crippen LogP contribution in [0.2, 0.25) is 5.02 Å². The lowest BCUT2D eigenvalue weighted by molar-refractivity contribution is -0.136. The van der Waals surface area contributed by atoms with Crippen LogP contribution in [0.1, 0.15) is 21.5 Å². The van der Waals surface area contributed by atoms with Gasteiger partial charge in [-0.25, -0.2) is 5.43 Å². The van der Waals surface area contributed by atoms with Crippen molar-refractivity contribution in [1.29, 1.82) is 0 Å². The fourth-order valence-corrected chi connectivity index (χ4v) is 2.70. The second-order valence-electron chi connectivity index (χ2n) is 6.57. The molecule has 0 bridgehead atoms. The van der Waals surface area contributed by atoms with Crippen molar-refractivity contribution in [3.63, 3.8) is 0 Å². The van der Waals surface area contributed by atoms with Crippen LogP contribution >= 0.6 is 11.6 Å². The van der Waals surface area contributed by atoms with Gasteiger partial charge in [-0.3, -0.25) is 14.4 Å². The SMILES string of the molecule is Cc1ccc(NC(=O)c2ccccc2NC(=O)C(=O)N/N=C/c2ccc(Cl)cc2)cc1. The third-order valence-electron chi connectivity index (χ3n) is 4.19. The van der Waals surface area contributed by atoms with Gasteiger partial charge in [0.2, 0.25) is 0 Å². The Morgan fingerprint density at radius 2 is 1.52 bits per heavy atom. The van der Waals surface area contributed by atoms with Crippen molar-refractivity contribution in [2.45, 2.75) is 6.92 Å². The van der Waals surface area contributed by atoms with E-state index in [2.05, 4.69) is 21.2 Å². The number of carbonyl (C=O) groups excluding carboxylic acids is 3. The molecule has 0 saturated carbocycles. The Labute approximate surface area is 184 Å². The largest absolute Gasteiger partial charge is 0.329 e. The first kappa shape index (κ1) is 21.7. The lowest BCUT2D eigenvalue weighted by Crippen LogP contribution is -2.33. The predicted molar refractivity (Wildman–Crippen MR) is 121 cm³/mol. The monoisotopic (exact) mass is 434 g/mol. The Bertz CT molecular complexity index is 1130. The Hall–Kier alpha value is -3.97. The fourth-order valence-electron chi connectivity index (χ4n) is 2.57. The minimum atomic E-state index is -0.973. The number of hydrazone groups is 1. The number of hydrogen-bond acceptors (Lipinski definition) is 4. The lowest BCUT2D eigenvalue weighted by Gasteiger charge is -2.11. The molecule has 0 unspecified atom stereocenters. The molecule has 0 aliphatic carbocycles. The summed E-state index contributed by atoms with van der Waals surface area (Å²) in [5.74, 6) is -2.34. The molecule has 0 aliphatic rings. The highest BCUT2D eigenvalue weighted by Gasteiger charge is 2.17. The van der Waals surface area contributed by atoms with Crippen LogP contribution in [0, 0.1) is 6.92 Å². The van der Waals surface area contributed by atoms with Gasteiger partial charge in [0, 0.05) is 10.7 Å². The number of nitrogens with one attached hydrogen (secondary N) is 3. The number of rotatable bonds is 5. The summed E-state index contributed by atoms with van der Waals surface area (Å²) in [5.41, 5.74) is 4.94. The maximum Gasteiger partial charge on any atom is 0.329 e. The molecule has 0 aliphatic heterocycles. The van der Waals surface area contributed by atoms with E-state index in [1.54, 1.807) is 54.6 Å². The highest BCUT2D eigenvalue weighted by atomic mass is 35.5. The molecule has 3 N–H and O–H groups in total. The van der Waals surface area contributed by atoms with Gasteiger partial charge in [-0.2, -0.15) is 5.10 Å². The van der Waals surface area contributed by atoms with Crippen LogP contribution in [0.25, 0.3) is 0 Å². The van der Waals surface area contributed by atoms with Gasteiger partial charge >= 0.3 is 11.8 Å². The standard InChI is InChI=1S/C23H19ClN4O3/c1-15-6-12-18(13-7-15)26-21(29)19-4-2-3-5-20(19)27-22(30)23(31)28-25-14-16-8-10-17(24)11-9-16/h2-14H,1H3,(H,26,29)(H,27,30)(H,28,31)/b25-14+. The average molecular weight is 435 g/mol. The molecular formula is C23H19ClN4O3. The minimum Gasteiger partial charge on any atom is -0.322 e. The van der Waals surface area contributed by atoms with Gasteiger partial charge in [0.05, 0.1) is 17.5 Å². The molecule has 0 radical (unpaired) electrons. The van der Waals surface area contributed by atoms with E-state index in [4.69, 9.17) is 11.6 Å². The molecule has 0 heterocycles. The number of hydrogen-bond donors (Lipinski definition) is 3. The Morgan fingerprint density at radius 1 is 0.839 bits per heavy atom. The van der Waals surface area contributed by atoms with Crippen molar-refractivity contribution in [2.75, 3.05) is 10.6 Å². The maximum atomic E-state index is 12.6. The summed E-state index contributed by atoms with van der Waals surface area (Å²) in [6.45, 7) is 1.95. The molecule has 3 rings (SSSR count). The number of para-hydroxylation sites is 1. The number of anilines is 2. The quantitative estimate of drug-likeness (QED) is 0.321. The fraction of sp³-hybridized carbons (Fsp3) is 0.0435. The summed E-state index contributed by atoms with van der Waals surface area (Å²) < 4.78 is 0. The summed E-state index contributed by atoms with van der Waals surface area (Å²) in [7, 11) is 0. The molecule has 3 aromatic carbocycles. The van der Waals surface area contributed by atoms with Crippen LogP contribution in [0.4, 0.5) is 11.4 Å². The molecule has 156 valence electrons. The molecule has 3 amide bonds. The van der Waals surface area contributed by atoms with E-state index < -0.39 is 17.7 Å². The second-order valence-corrected chi connectivity index (χ2v) is 7.01. The summed E-state index contributed by atoms with van der Waals surface area (Å²) in [4.78, 5) is 36.9. The van der Waals surface area contributed by atoms with Crippen molar-refractivity contribution in [3.8, 4) is 0 Å². The van der Waals surface area contributed by atoms with E-state index >= 15 is 0 Å². The second kappa shape index (κ2) is 10.2. The topological polar surface area (TPSA) is 99.7 Å². The van der Waals surface area contributed by atoms with Gasteiger partial charge in [-0.1, -0.05) is 53.6 Å². The van der Waals surface area contributed by atoms with Crippen LogP contribution in [0.3, 0.4) is 0 Å². The van der Waals surface area contributed by atoms with Crippen LogP contribution in [-0.4, -0.2) is 23.9 Å². The maximum absolute atomic E-state index is 12.6. The smallest absolute Gasteiger partial charge is 0.322 e. The van der Waals surface area contributed by atoms with E-state index in [9.17, 15) is 14.4 Å². The van der Waals surface area contributed by atoms with Crippen LogP contribution in [-0.2, 0) is 9.59 Å². The first-order chi connectivity index (χ1) is 14.9. The molecule has 8 heteroatoms. The number of benzene rings is 3. The highest BCUT2D eigenvalue weighted by Crippen LogP contribution is 2.18. The average Bonchev–Trinajstić information content (AvgIpc) is 2.77. The molecule has 31 heavy (non-hydrogen) atoms. The number of amides is 3. The zero-order chi connectivity index (χ0) is 22.2. The molecular weight excluding hydrogens is 416 g/mol. The van der Waals surface area contributed by atoms with Gasteiger partial charge in [0.1, 0.15) is 0 Å². The first-order valence-electron chi connectivity index (χ1n) is 9.29. The third kappa shape index (κ3) is 6.25. The number of nitrogens with zero attached hydrogens (tertiary/aromatic N) is 1. The van der Waals surface area contributed by atoms with Crippen LogP contribution < -0.4 is 16.1 Å². The zero-order valence-corrected chi connectivity index (χ0v) is 17.3. The van der Waals surface area contributed by atoms with Gasteiger partial charge in [0.15, 0.2) is 0 Å². The molecule has 0 saturated heterocycles. The van der Waals surface area contributed by atoms with Crippen LogP contribution in [0.5, 0.6) is 0 Å². The van der Waals surface area contributed by atoms with Gasteiger partial charge in [0.25, 0.3) is 5.91 Å². The van der Waals surface area contributed by atoms with Crippen molar-refractivity contribution in [3.05, 3.63) is 94.5 Å². The normalized spacial score (nSPS) is 10.5. The molecule has 0 fully saturated rings. The lowest BCUT2D eigenvalue weighted by atomic mass is 10.1. The predicted octanol–water partition coefficient (Wildman–Crippen LogP) is 3.99. The van der Waals surface area contributed by atoms with E-state index in [1.807, 2.05) is 19.1 Å². The van der Waals surface area contributed by atoms with E-state index in [0.717, 1.165) is 5.56 Å². The molecule has 0 atom stereocenters. The van der Waals surface area contributed by atoms with Crippen molar-refractivity contribution in [2.24, 2.45) is 5.10 Å². The Kier molecular flexibility index (Phi) is 7.13. The van der Waals surface area contributed by atoms with Crippen LogP contribution in [0.15, 0.2) is 77.9 Å². The Morgan fingerprint density at radius 3 is 2.23 bits per heavy atom. The van der Waals surface area contributed by atoms with Crippen molar-refractivity contribution >= 4 is 46.9 Å². The number of carbonyl (C=O) groups is 3. The number of halogens is 1. The first-order valence-corrected chi connectivity index (χ1v) is 9.67. The minimum absolute atomic E-state index is 0.203. The summed E-state index contributed by atoms with van der Waals surface area (Å²) in [5, 5.41) is 9.52. The zero-order valence-electron chi connectivity index (χ0n) is 16.6. The highest BCUT2D eigenvalue weighted by molar-refractivity contribution is 6.40. The Balaban J connectivity index is 1.63. The molecule has 3 aromatic rings. The molecule has 7 nitrogen and oxygen atoms in total. The van der Waals surface area contributed by atoms with Gasteiger partial charge < -0.3 is 10.6 Å². The van der Waals surface area contributed by atoms with Gasteiger partial charge in [-0.05, 0) is 48.9 Å². The molecule has 0 aromatic heterocycles.